The lowest BCUT2D eigenvalue weighted by Gasteiger charge is -2.39. The number of hydrogen-bond donors (Lipinski definition) is 4. The summed E-state index contributed by atoms with van der Waals surface area (Å²) in [4.78, 5) is 12.7. The average molecular weight is 713 g/mol. The molecule has 294 valence electrons. The van der Waals surface area contributed by atoms with Gasteiger partial charge in [-0.1, -0.05) is 141 Å². The van der Waals surface area contributed by atoms with Gasteiger partial charge in [-0.3, -0.25) is 4.79 Å². The Balaban J connectivity index is 2.32. The molecule has 0 aromatic carbocycles. The van der Waals surface area contributed by atoms with E-state index in [1.54, 1.807) is 0 Å². The molecule has 0 amide bonds. The molecule has 9 heteroatoms. The van der Waals surface area contributed by atoms with Gasteiger partial charge in [-0.25, -0.2) is 0 Å². The molecule has 6 atom stereocenters. The molecule has 1 rings (SSSR count). The van der Waals surface area contributed by atoms with Crippen molar-refractivity contribution >= 4 is 5.97 Å². The number of ether oxygens (including phenoxy) is 4. The van der Waals surface area contributed by atoms with Gasteiger partial charge < -0.3 is 39.4 Å². The van der Waals surface area contributed by atoms with E-state index < -0.39 is 43.4 Å². The Morgan fingerprint density at radius 3 is 1.76 bits per heavy atom. The van der Waals surface area contributed by atoms with E-state index in [9.17, 15) is 25.2 Å². The molecule has 1 aliphatic heterocycles. The highest BCUT2D eigenvalue weighted by molar-refractivity contribution is 5.69. The normalized spacial score (nSPS) is 21.8. The van der Waals surface area contributed by atoms with Crippen LogP contribution in [0.2, 0.25) is 0 Å². The van der Waals surface area contributed by atoms with Crippen molar-refractivity contribution in [3.8, 4) is 0 Å². The molecule has 1 saturated heterocycles. The van der Waals surface area contributed by atoms with Gasteiger partial charge in [0.1, 0.15) is 30.5 Å². The van der Waals surface area contributed by atoms with Crippen LogP contribution in [0.4, 0.5) is 0 Å². The third-order valence-corrected chi connectivity index (χ3v) is 9.37. The molecule has 0 aromatic rings. The van der Waals surface area contributed by atoms with Crippen molar-refractivity contribution in [1.29, 1.82) is 0 Å². The smallest absolute Gasteiger partial charge is 0.306 e. The van der Waals surface area contributed by atoms with Crippen LogP contribution in [0, 0.1) is 0 Å². The second-order valence-electron chi connectivity index (χ2n) is 14.1. The van der Waals surface area contributed by atoms with E-state index in [4.69, 9.17) is 18.9 Å². The van der Waals surface area contributed by atoms with Crippen molar-refractivity contribution < 1.29 is 44.2 Å². The Bertz CT molecular complexity index is 818. The molecule has 0 bridgehead atoms. The Morgan fingerprint density at radius 1 is 0.640 bits per heavy atom. The molecule has 0 saturated carbocycles. The van der Waals surface area contributed by atoms with Crippen LogP contribution in [0.5, 0.6) is 0 Å². The molecule has 1 aliphatic rings. The highest BCUT2D eigenvalue weighted by Gasteiger charge is 2.44. The van der Waals surface area contributed by atoms with Crippen LogP contribution in [0.25, 0.3) is 0 Å². The first-order chi connectivity index (χ1) is 24.4. The van der Waals surface area contributed by atoms with E-state index in [1.807, 2.05) is 0 Å². The van der Waals surface area contributed by atoms with E-state index in [-0.39, 0.29) is 19.2 Å². The van der Waals surface area contributed by atoms with Crippen LogP contribution in [-0.4, -0.2) is 89.6 Å². The van der Waals surface area contributed by atoms with E-state index in [0.29, 0.717) is 13.0 Å². The Hall–Kier alpha value is -1.33. The largest absolute Gasteiger partial charge is 0.457 e. The molecule has 0 spiro atoms. The summed E-state index contributed by atoms with van der Waals surface area (Å²) in [6, 6.07) is 0. The lowest BCUT2D eigenvalue weighted by atomic mass is 9.99. The van der Waals surface area contributed by atoms with Crippen LogP contribution >= 0.6 is 0 Å². The molecule has 0 aliphatic carbocycles. The molecule has 50 heavy (non-hydrogen) atoms. The number of carbonyl (C=O) groups excluding carboxylic acids is 1. The highest BCUT2D eigenvalue weighted by atomic mass is 16.7. The first kappa shape index (κ1) is 46.7. The number of esters is 1. The van der Waals surface area contributed by atoms with Gasteiger partial charge in [0.25, 0.3) is 0 Å². The number of hydrogen-bond acceptors (Lipinski definition) is 9. The minimum atomic E-state index is -1.53. The number of unbranched alkanes of at least 4 members (excludes halogenated alkanes) is 19. The molecule has 0 radical (unpaired) electrons. The zero-order valence-corrected chi connectivity index (χ0v) is 31.9. The van der Waals surface area contributed by atoms with Gasteiger partial charge in [0.15, 0.2) is 6.29 Å². The lowest BCUT2D eigenvalue weighted by Crippen LogP contribution is -2.59. The standard InChI is InChI=1S/C41H76O9/c1-3-5-7-9-11-13-15-17-18-19-20-22-24-26-28-30-37(43)49-35(34-48-41-40(46)39(45)38(44)36(32-42)50-41)33-47-31-29-27-25-23-21-16-14-12-10-8-6-4-2/h11,13,17-18,35-36,38-42,44-46H,3-10,12,14-16,19-34H2,1-2H3/b13-11-,18-17-. The van der Waals surface area contributed by atoms with Gasteiger partial charge in [-0.2, -0.15) is 0 Å². The van der Waals surface area contributed by atoms with Gasteiger partial charge in [-0.15, -0.1) is 0 Å². The van der Waals surface area contributed by atoms with Gasteiger partial charge in [0.2, 0.25) is 0 Å². The van der Waals surface area contributed by atoms with Gasteiger partial charge in [0, 0.05) is 13.0 Å². The summed E-state index contributed by atoms with van der Waals surface area (Å²) < 4.78 is 22.7. The SMILES string of the molecule is CCCCC/C=C\C/C=C\CCCCCCCC(=O)OC(COCCCCCCCCCCCCCC)COC1OC(CO)C(O)C(O)C1O. The van der Waals surface area contributed by atoms with E-state index in [1.165, 1.54) is 89.9 Å². The third-order valence-electron chi connectivity index (χ3n) is 9.37. The van der Waals surface area contributed by atoms with Gasteiger partial charge >= 0.3 is 5.97 Å². The van der Waals surface area contributed by atoms with Crippen molar-refractivity contribution in [2.75, 3.05) is 26.4 Å². The van der Waals surface area contributed by atoms with Crippen molar-refractivity contribution in [3.05, 3.63) is 24.3 Å². The van der Waals surface area contributed by atoms with Crippen molar-refractivity contribution in [2.45, 2.75) is 205 Å². The molecule has 0 aromatic heterocycles. The third kappa shape index (κ3) is 24.8. The van der Waals surface area contributed by atoms with E-state index in [0.717, 1.165) is 57.8 Å². The number of allylic oxidation sites excluding steroid dienone is 4. The summed E-state index contributed by atoms with van der Waals surface area (Å²) in [5.41, 5.74) is 0. The molecule has 4 N–H and O–H groups in total. The average Bonchev–Trinajstić information content (AvgIpc) is 3.11. The first-order valence-electron chi connectivity index (χ1n) is 20.4. The van der Waals surface area contributed by atoms with Crippen molar-refractivity contribution in [3.63, 3.8) is 0 Å². The maximum atomic E-state index is 12.7. The maximum Gasteiger partial charge on any atom is 0.306 e. The number of carbonyl (C=O) groups is 1. The second-order valence-corrected chi connectivity index (χ2v) is 14.1. The summed E-state index contributed by atoms with van der Waals surface area (Å²) in [6.07, 6.45) is 29.1. The van der Waals surface area contributed by atoms with E-state index >= 15 is 0 Å². The van der Waals surface area contributed by atoms with Gasteiger partial charge in [0.05, 0.1) is 19.8 Å². The number of aliphatic hydroxyl groups excluding tert-OH is 4. The molecular weight excluding hydrogens is 636 g/mol. The van der Waals surface area contributed by atoms with E-state index in [2.05, 4.69) is 38.2 Å². The fourth-order valence-corrected chi connectivity index (χ4v) is 6.11. The first-order valence-corrected chi connectivity index (χ1v) is 20.4. The quantitative estimate of drug-likeness (QED) is 0.0296. The Labute approximate surface area is 305 Å². The minimum Gasteiger partial charge on any atom is -0.457 e. The molecule has 9 nitrogen and oxygen atoms in total. The summed E-state index contributed by atoms with van der Waals surface area (Å²) in [5, 5.41) is 40.0. The predicted molar refractivity (Wildman–Crippen MR) is 201 cm³/mol. The number of rotatable bonds is 34. The minimum absolute atomic E-state index is 0.116. The topological polar surface area (TPSA) is 135 Å². The molecule has 6 unspecified atom stereocenters. The van der Waals surface area contributed by atoms with Crippen LogP contribution in [0.15, 0.2) is 24.3 Å². The van der Waals surface area contributed by atoms with Crippen molar-refractivity contribution in [2.24, 2.45) is 0 Å². The second kappa shape index (κ2) is 33.5. The number of aliphatic hydroxyl groups is 4. The fourth-order valence-electron chi connectivity index (χ4n) is 6.11. The monoisotopic (exact) mass is 713 g/mol. The maximum absolute atomic E-state index is 12.7. The lowest BCUT2D eigenvalue weighted by molar-refractivity contribution is -0.305. The van der Waals surface area contributed by atoms with Gasteiger partial charge in [-0.05, 0) is 44.9 Å². The van der Waals surface area contributed by atoms with Crippen LogP contribution in [0.1, 0.15) is 168 Å². The summed E-state index contributed by atoms with van der Waals surface area (Å²) in [7, 11) is 0. The van der Waals surface area contributed by atoms with Crippen LogP contribution in [0.3, 0.4) is 0 Å². The summed E-state index contributed by atoms with van der Waals surface area (Å²) in [5.74, 6) is -0.327. The Morgan fingerprint density at radius 2 is 1.16 bits per heavy atom. The van der Waals surface area contributed by atoms with Crippen molar-refractivity contribution in [1.82, 2.24) is 0 Å². The zero-order valence-electron chi connectivity index (χ0n) is 31.9. The fraction of sp³-hybridized carbons (Fsp3) is 0.878. The summed E-state index contributed by atoms with van der Waals surface area (Å²) in [6.45, 7) is 4.51. The molecule has 1 fully saturated rings. The molecule has 1 heterocycles. The summed E-state index contributed by atoms with van der Waals surface area (Å²) >= 11 is 0. The zero-order chi connectivity index (χ0) is 36.5. The predicted octanol–water partition coefficient (Wildman–Crippen LogP) is 8.25. The van der Waals surface area contributed by atoms with Crippen LogP contribution in [-0.2, 0) is 23.7 Å². The van der Waals surface area contributed by atoms with Crippen LogP contribution < -0.4 is 0 Å². The Kier molecular flexibility index (Phi) is 31.3. The molecular formula is C41H76O9. The highest BCUT2D eigenvalue weighted by Crippen LogP contribution is 2.22.